The number of esters is 1. The van der Waals surface area contributed by atoms with Crippen LogP contribution in [-0.4, -0.2) is 41.1 Å². The van der Waals surface area contributed by atoms with Crippen molar-refractivity contribution in [1.29, 1.82) is 5.26 Å². The van der Waals surface area contributed by atoms with Gasteiger partial charge in [0.1, 0.15) is 11.6 Å². The average Bonchev–Trinajstić information content (AvgIpc) is 3.08. The molecular formula is C24H37N3O2. The number of hydrogen-bond acceptors (Lipinski definition) is 5. The lowest BCUT2D eigenvalue weighted by Crippen LogP contribution is -2.52. The molecule has 0 aromatic heterocycles. The van der Waals surface area contributed by atoms with E-state index in [1.54, 1.807) is 0 Å². The van der Waals surface area contributed by atoms with Crippen molar-refractivity contribution in [2.24, 2.45) is 17.6 Å². The zero-order chi connectivity index (χ0) is 21.6. The lowest BCUT2D eigenvalue weighted by molar-refractivity contribution is -0.161. The van der Waals surface area contributed by atoms with Crippen molar-refractivity contribution in [3.63, 3.8) is 0 Å². The van der Waals surface area contributed by atoms with Gasteiger partial charge in [-0.05, 0) is 58.4 Å². The van der Waals surface area contributed by atoms with E-state index >= 15 is 0 Å². The van der Waals surface area contributed by atoms with Crippen LogP contribution in [-0.2, 0) is 16.0 Å². The first-order valence-electron chi connectivity index (χ1n) is 10.8. The smallest absolute Gasteiger partial charge is 0.323 e. The van der Waals surface area contributed by atoms with Crippen molar-refractivity contribution in [3.05, 3.63) is 35.9 Å². The summed E-state index contributed by atoms with van der Waals surface area (Å²) in [7, 11) is 0. The van der Waals surface area contributed by atoms with Gasteiger partial charge in [-0.1, -0.05) is 43.7 Å². The number of likely N-dealkylation sites (tertiary alicyclic amines) is 1. The monoisotopic (exact) mass is 399 g/mol. The minimum atomic E-state index is -0.549. The van der Waals surface area contributed by atoms with Gasteiger partial charge < -0.3 is 10.5 Å². The minimum Gasteiger partial charge on any atom is -0.459 e. The molecule has 3 unspecified atom stereocenters. The number of carbonyl (C=O) groups is 1. The Hall–Kier alpha value is -1.90. The standard InChI is InChI=1S/C24H37N3O2/c1-6-10-20(17(2)26)21(13-18-11-8-7-9-12-18)27-16-19(15-25)14-22(27)23(28)29-24(3,4)5/h7-9,11-12,17,19-22H,6,10,13-14,16,26H2,1-5H3/t17?,19?,20-,21-,22?/m0/s1. The molecule has 1 aromatic carbocycles. The van der Waals surface area contributed by atoms with E-state index in [0.29, 0.717) is 13.0 Å². The minimum absolute atomic E-state index is 0.00378. The molecule has 1 saturated heterocycles. The Kier molecular flexibility index (Phi) is 8.24. The quantitative estimate of drug-likeness (QED) is 0.670. The Morgan fingerprint density at radius 3 is 2.52 bits per heavy atom. The summed E-state index contributed by atoms with van der Waals surface area (Å²) in [5.74, 6) is -0.156. The fourth-order valence-corrected chi connectivity index (χ4v) is 4.43. The van der Waals surface area contributed by atoms with Crippen molar-refractivity contribution < 1.29 is 9.53 Å². The number of nitrogens with zero attached hydrogens (tertiary/aromatic N) is 2. The molecule has 1 aliphatic heterocycles. The van der Waals surface area contributed by atoms with Crippen LogP contribution in [0.15, 0.2) is 30.3 Å². The molecule has 5 nitrogen and oxygen atoms in total. The fourth-order valence-electron chi connectivity index (χ4n) is 4.43. The molecule has 0 saturated carbocycles. The summed E-state index contributed by atoms with van der Waals surface area (Å²) in [6.45, 7) is 10.5. The van der Waals surface area contributed by atoms with E-state index in [2.05, 4.69) is 36.9 Å². The fraction of sp³-hybridized carbons (Fsp3) is 0.667. The predicted molar refractivity (Wildman–Crippen MR) is 116 cm³/mol. The second kappa shape index (κ2) is 10.2. The van der Waals surface area contributed by atoms with Crippen LogP contribution in [0.1, 0.15) is 59.4 Å². The highest BCUT2D eigenvalue weighted by molar-refractivity contribution is 5.76. The number of rotatable bonds is 8. The zero-order valence-electron chi connectivity index (χ0n) is 18.6. The second-order valence-corrected chi connectivity index (χ2v) is 9.38. The topological polar surface area (TPSA) is 79.4 Å². The maximum absolute atomic E-state index is 13.0. The Labute approximate surface area is 176 Å². The maximum Gasteiger partial charge on any atom is 0.323 e. The molecule has 1 aromatic rings. The zero-order valence-corrected chi connectivity index (χ0v) is 18.6. The van der Waals surface area contributed by atoms with Crippen molar-refractivity contribution in [2.75, 3.05) is 6.54 Å². The van der Waals surface area contributed by atoms with E-state index in [4.69, 9.17) is 10.5 Å². The van der Waals surface area contributed by atoms with Gasteiger partial charge in [0.05, 0.1) is 12.0 Å². The van der Waals surface area contributed by atoms with Crippen LogP contribution in [0.5, 0.6) is 0 Å². The highest BCUT2D eigenvalue weighted by Crippen LogP contribution is 2.33. The summed E-state index contributed by atoms with van der Waals surface area (Å²) >= 11 is 0. The molecular weight excluding hydrogens is 362 g/mol. The number of hydrogen-bond donors (Lipinski definition) is 1. The number of nitriles is 1. The third-order valence-corrected chi connectivity index (χ3v) is 5.71. The number of ether oxygens (including phenoxy) is 1. The normalized spacial score (nSPS) is 23.2. The number of nitrogens with two attached hydrogens (primary N) is 1. The van der Waals surface area contributed by atoms with E-state index < -0.39 is 11.6 Å². The van der Waals surface area contributed by atoms with Crippen LogP contribution >= 0.6 is 0 Å². The first kappa shape index (κ1) is 23.4. The van der Waals surface area contributed by atoms with Crippen LogP contribution in [0.3, 0.4) is 0 Å². The van der Waals surface area contributed by atoms with Crippen LogP contribution < -0.4 is 5.73 Å². The van der Waals surface area contributed by atoms with E-state index in [1.807, 2.05) is 39.0 Å². The summed E-state index contributed by atoms with van der Waals surface area (Å²) in [6.07, 6.45) is 3.35. The molecule has 5 atom stereocenters. The first-order chi connectivity index (χ1) is 13.7. The molecule has 0 radical (unpaired) electrons. The van der Waals surface area contributed by atoms with Crippen molar-refractivity contribution in [2.45, 2.75) is 84.0 Å². The molecule has 5 heteroatoms. The van der Waals surface area contributed by atoms with Gasteiger partial charge in [0, 0.05) is 18.6 Å². The molecule has 2 N–H and O–H groups in total. The van der Waals surface area contributed by atoms with Crippen molar-refractivity contribution in [3.8, 4) is 6.07 Å². The molecule has 0 bridgehead atoms. The van der Waals surface area contributed by atoms with Gasteiger partial charge in [0.2, 0.25) is 0 Å². The maximum atomic E-state index is 13.0. The Balaban J connectivity index is 2.38. The van der Waals surface area contributed by atoms with Gasteiger partial charge in [-0.3, -0.25) is 9.69 Å². The Morgan fingerprint density at radius 2 is 2.00 bits per heavy atom. The molecule has 1 aliphatic rings. The van der Waals surface area contributed by atoms with Crippen LogP contribution in [0.25, 0.3) is 0 Å². The van der Waals surface area contributed by atoms with E-state index in [9.17, 15) is 10.1 Å². The van der Waals surface area contributed by atoms with Gasteiger partial charge in [-0.2, -0.15) is 5.26 Å². The van der Waals surface area contributed by atoms with Crippen LogP contribution in [0.4, 0.5) is 0 Å². The van der Waals surface area contributed by atoms with Gasteiger partial charge in [0.25, 0.3) is 0 Å². The lowest BCUT2D eigenvalue weighted by Gasteiger charge is -2.40. The third-order valence-electron chi connectivity index (χ3n) is 5.71. The molecule has 1 fully saturated rings. The largest absolute Gasteiger partial charge is 0.459 e. The van der Waals surface area contributed by atoms with Gasteiger partial charge in [-0.15, -0.1) is 0 Å². The number of carbonyl (C=O) groups excluding carboxylic acids is 1. The van der Waals surface area contributed by atoms with Gasteiger partial charge in [-0.25, -0.2) is 0 Å². The molecule has 29 heavy (non-hydrogen) atoms. The molecule has 0 spiro atoms. The lowest BCUT2D eigenvalue weighted by atomic mass is 9.84. The molecule has 0 amide bonds. The highest BCUT2D eigenvalue weighted by atomic mass is 16.6. The molecule has 160 valence electrons. The summed E-state index contributed by atoms with van der Waals surface area (Å²) < 4.78 is 5.72. The Morgan fingerprint density at radius 1 is 1.34 bits per heavy atom. The summed E-state index contributed by atoms with van der Waals surface area (Å²) in [5.41, 5.74) is 7.10. The van der Waals surface area contributed by atoms with E-state index in [0.717, 1.165) is 19.3 Å². The second-order valence-electron chi connectivity index (χ2n) is 9.38. The molecule has 1 heterocycles. The summed E-state index contributed by atoms with van der Waals surface area (Å²) in [4.78, 5) is 15.3. The summed E-state index contributed by atoms with van der Waals surface area (Å²) in [6, 6.07) is 12.4. The SMILES string of the molecule is CCC[C@@H](C(C)N)[C@H](Cc1ccccc1)N1CC(C#N)CC1C(=O)OC(C)(C)C. The average molecular weight is 400 g/mol. The van der Waals surface area contributed by atoms with Crippen molar-refractivity contribution >= 4 is 5.97 Å². The van der Waals surface area contributed by atoms with E-state index in [-0.39, 0.29) is 29.9 Å². The summed E-state index contributed by atoms with van der Waals surface area (Å²) in [5, 5.41) is 9.59. The predicted octanol–water partition coefficient (Wildman–Crippen LogP) is 3.92. The molecule has 0 aliphatic carbocycles. The van der Waals surface area contributed by atoms with Gasteiger partial charge in [0.15, 0.2) is 0 Å². The van der Waals surface area contributed by atoms with Crippen molar-refractivity contribution in [1.82, 2.24) is 4.90 Å². The van der Waals surface area contributed by atoms with Crippen LogP contribution in [0.2, 0.25) is 0 Å². The van der Waals surface area contributed by atoms with E-state index in [1.165, 1.54) is 5.56 Å². The first-order valence-corrected chi connectivity index (χ1v) is 10.8. The highest BCUT2D eigenvalue weighted by Gasteiger charge is 2.44. The van der Waals surface area contributed by atoms with Crippen LogP contribution in [0, 0.1) is 23.2 Å². The number of benzene rings is 1. The Bertz CT molecular complexity index is 690. The third kappa shape index (κ3) is 6.55. The molecule has 2 rings (SSSR count). The van der Waals surface area contributed by atoms with Gasteiger partial charge >= 0.3 is 5.97 Å².